The average Bonchev–Trinajstić information content (AvgIpc) is 1.98. The van der Waals surface area contributed by atoms with Crippen LogP contribution < -0.4 is 0 Å². The van der Waals surface area contributed by atoms with Gasteiger partial charge in [0.25, 0.3) is 0 Å². The predicted molar refractivity (Wildman–Crippen MR) is 82.5 cm³/mol. The predicted octanol–water partition coefficient (Wildman–Crippen LogP) is 3.56. The van der Waals surface area contributed by atoms with Crippen molar-refractivity contribution in [1.29, 1.82) is 0 Å². The van der Waals surface area contributed by atoms with Gasteiger partial charge in [-0.15, -0.1) is 23.5 Å². The van der Waals surface area contributed by atoms with E-state index in [2.05, 4.69) is 64.4 Å². The summed E-state index contributed by atoms with van der Waals surface area (Å²) in [5.74, 6) is 0.831. The van der Waals surface area contributed by atoms with Crippen molar-refractivity contribution in [3.05, 3.63) is 0 Å². The number of hydrogen-bond donors (Lipinski definition) is 4. The molecule has 0 saturated heterocycles. The van der Waals surface area contributed by atoms with Crippen molar-refractivity contribution in [1.82, 2.24) is 0 Å². The molecule has 0 nitrogen and oxygen atoms in total. The van der Waals surface area contributed by atoms with E-state index in [9.17, 15) is 0 Å². The van der Waals surface area contributed by atoms with E-state index in [-0.39, 0.29) is 4.58 Å². The molecule has 4 unspecified atom stereocenters. The van der Waals surface area contributed by atoms with E-state index in [4.69, 9.17) is 0 Å². The van der Waals surface area contributed by atoms with Crippen molar-refractivity contribution in [2.24, 2.45) is 0 Å². The highest BCUT2D eigenvalue weighted by Crippen LogP contribution is 2.34. The molecule has 0 bridgehead atoms. The summed E-state index contributed by atoms with van der Waals surface area (Å²) in [4.78, 5) is 0. The molecule has 0 spiro atoms. The van der Waals surface area contributed by atoms with Crippen LogP contribution in [0.4, 0.5) is 0 Å². The summed E-state index contributed by atoms with van der Waals surface area (Å²) >= 11 is 21.1. The maximum Gasteiger partial charge on any atom is 0.0610 e. The summed E-state index contributed by atoms with van der Waals surface area (Å²) in [6.45, 7) is 4.13. The Morgan fingerprint density at radius 1 is 1.00 bits per heavy atom. The first kappa shape index (κ1) is 15.1. The minimum atomic E-state index is 0.282. The molecule has 80 valence electrons. The van der Waals surface area contributed by atoms with Gasteiger partial charge >= 0.3 is 0 Å². The summed E-state index contributed by atoms with van der Waals surface area (Å²) in [5.41, 5.74) is 0. The fourth-order valence-corrected chi connectivity index (χ4v) is 5.32. The molecule has 0 aromatic rings. The zero-order valence-electron chi connectivity index (χ0n) is 7.62. The van der Waals surface area contributed by atoms with Crippen molar-refractivity contribution in [2.75, 3.05) is 5.75 Å². The highest BCUT2D eigenvalue weighted by molar-refractivity contribution is 8.18. The molecule has 0 amide bonds. The minimum absolute atomic E-state index is 0.282. The molecule has 0 saturated carbocycles. The lowest BCUT2D eigenvalue weighted by molar-refractivity contribution is 1.10. The lowest BCUT2D eigenvalue weighted by atomic mass is 10.5. The van der Waals surface area contributed by atoms with Gasteiger partial charge in [0.2, 0.25) is 0 Å². The van der Waals surface area contributed by atoms with E-state index in [1.165, 1.54) is 0 Å². The van der Waals surface area contributed by atoms with Gasteiger partial charge in [-0.05, 0) is 13.8 Å². The average molecular weight is 293 g/mol. The Bertz CT molecular complexity index is 126. The monoisotopic (exact) mass is 292 g/mol. The summed E-state index contributed by atoms with van der Waals surface area (Å²) in [6, 6.07) is 0. The maximum absolute atomic E-state index is 4.53. The van der Waals surface area contributed by atoms with E-state index >= 15 is 0 Å². The summed E-state index contributed by atoms with van der Waals surface area (Å²) in [7, 11) is 0. The molecular formula is C7H16S6. The molecule has 0 aromatic carbocycles. The Balaban J connectivity index is 3.91. The molecule has 0 aliphatic heterocycles. The van der Waals surface area contributed by atoms with Gasteiger partial charge in [-0.1, -0.05) is 0 Å². The Labute approximate surface area is 112 Å². The van der Waals surface area contributed by atoms with Crippen LogP contribution in [0.25, 0.3) is 0 Å². The summed E-state index contributed by atoms with van der Waals surface area (Å²) < 4.78 is 0.938. The van der Waals surface area contributed by atoms with Crippen molar-refractivity contribution in [2.45, 2.75) is 32.8 Å². The molecule has 0 aromatic heterocycles. The van der Waals surface area contributed by atoms with Gasteiger partial charge in [0.15, 0.2) is 0 Å². The van der Waals surface area contributed by atoms with E-state index in [0.717, 1.165) is 5.75 Å². The Morgan fingerprint density at radius 3 is 1.77 bits per heavy atom. The van der Waals surface area contributed by atoms with Crippen LogP contribution in [0.5, 0.6) is 0 Å². The fourth-order valence-electron chi connectivity index (χ4n) is 0.743. The number of rotatable bonds is 6. The Kier molecular flexibility index (Phi) is 9.61. The van der Waals surface area contributed by atoms with Crippen molar-refractivity contribution in [3.63, 3.8) is 0 Å². The van der Waals surface area contributed by atoms with Crippen LogP contribution in [-0.4, -0.2) is 24.7 Å². The van der Waals surface area contributed by atoms with Gasteiger partial charge in [0, 0.05) is 20.2 Å². The zero-order valence-corrected chi connectivity index (χ0v) is 12.8. The third-order valence-electron chi connectivity index (χ3n) is 1.21. The minimum Gasteiger partial charge on any atom is -0.178 e. The van der Waals surface area contributed by atoms with Gasteiger partial charge in [-0.3, -0.25) is 0 Å². The normalized spacial score (nSPS) is 20.8. The Hall–Kier alpha value is 2.10. The second-order valence-electron chi connectivity index (χ2n) is 2.58. The molecule has 0 fully saturated rings. The second kappa shape index (κ2) is 8.28. The number of hydrogen-bond acceptors (Lipinski definition) is 6. The third-order valence-corrected chi connectivity index (χ3v) is 5.86. The SMILES string of the molecule is CC(S)SC(S)C(CS)SC(C)S. The summed E-state index contributed by atoms with van der Waals surface area (Å²) in [6.07, 6.45) is 0. The van der Waals surface area contributed by atoms with Crippen molar-refractivity contribution >= 4 is 74.0 Å². The molecule has 13 heavy (non-hydrogen) atoms. The highest BCUT2D eigenvalue weighted by atomic mass is 32.2. The quantitative estimate of drug-likeness (QED) is 0.437. The number of thiol groups is 4. The zero-order chi connectivity index (χ0) is 10.4. The molecule has 0 N–H and O–H groups in total. The van der Waals surface area contributed by atoms with Crippen LogP contribution in [0.15, 0.2) is 0 Å². The van der Waals surface area contributed by atoms with E-state index < -0.39 is 0 Å². The maximum atomic E-state index is 4.53. The van der Waals surface area contributed by atoms with E-state index in [0.29, 0.717) is 14.4 Å². The van der Waals surface area contributed by atoms with Gasteiger partial charge < -0.3 is 0 Å². The Morgan fingerprint density at radius 2 is 1.46 bits per heavy atom. The van der Waals surface area contributed by atoms with Crippen LogP contribution in [0, 0.1) is 0 Å². The van der Waals surface area contributed by atoms with Gasteiger partial charge in [-0.25, -0.2) is 0 Å². The molecule has 6 heteroatoms. The summed E-state index contributed by atoms with van der Waals surface area (Å²) in [5, 5.41) is 0.429. The third kappa shape index (κ3) is 7.96. The van der Waals surface area contributed by atoms with Crippen LogP contribution in [-0.2, 0) is 0 Å². The van der Waals surface area contributed by atoms with E-state index in [1.54, 1.807) is 23.5 Å². The standard InChI is InChI=1S/C7H16S6/c1-4(9)12-6(3-8)7(11)13-5(2)10/h4-11H,3H2,1-2H3. The molecule has 0 heterocycles. The topological polar surface area (TPSA) is 0 Å². The molecule has 4 atom stereocenters. The second-order valence-corrected chi connectivity index (χ2v) is 9.17. The molecule has 0 rings (SSSR count). The van der Waals surface area contributed by atoms with Crippen LogP contribution in [0.1, 0.15) is 13.8 Å². The lowest BCUT2D eigenvalue weighted by Crippen LogP contribution is -2.19. The molecule has 0 aliphatic carbocycles. The first-order valence-corrected chi connectivity index (χ1v) is 8.00. The van der Waals surface area contributed by atoms with E-state index in [1.807, 2.05) is 0 Å². The van der Waals surface area contributed by atoms with Gasteiger partial charge in [-0.2, -0.15) is 50.5 Å². The number of thioether (sulfide) groups is 2. The lowest BCUT2D eigenvalue weighted by Gasteiger charge is -2.23. The highest BCUT2D eigenvalue weighted by Gasteiger charge is 2.20. The molecular weight excluding hydrogens is 276 g/mol. The van der Waals surface area contributed by atoms with Crippen LogP contribution in [0.3, 0.4) is 0 Å². The van der Waals surface area contributed by atoms with Crippen LogP contribution >= 0.6 is 74.0 Å². The molecule has 0 radical (unpaired) electrons. The molecule has 0 aliphatic rings. The first-order valence-electron chi connectivity index (χ1n) is 3.93. The van der Waals surface area contributed by atoms with Gasteiger partial charge in [0.1, 0.15) is 0 Å². The van der Waals surface area contributed by atoms with Gasteiger partial charge in [0.05, 0.1) is 4.58 Å². The fraction of sp³-hybridized carbons (Fsp3) is 1.00. The smallest absolute Gasteiger partial charge is 0.0610 e. The van der Waals surface area contributed by atoms with Crippen molar-refractivity contribution in [3.8, 4) is 0 Å². The van der Waals surface area contributed by atoms with Crippen LogP contribution in [0.2, 0.25) is 0 Å². The van der Waals surface area contributed by atoms with Crippen molar-refractivity contribution < 1.29 is 0 Å². The first-order chi connectivity index (χ1) is 5.97. The largest absolute Gasteiger partial charge is 0.178 e.